The van der Waals surface area contributed by atoms with E-state index >= 15 is 0 Å². The van der Waals surface area contributed by atoms with Gasteiger partial charge in [-0.1, -0.05) is 41.4 Å². The fourth-order valence-corrected chi connectivity index (χ4v) is 3.48. The van der Waals surface area contributed by atoms with Crippen molar-refractivity contribution in [2.24, 2.45) is 0 Å². The molecule has 2 amide bonds. The van der Waals surface area contributed by atoms with E-state index in [1.165, 1.54) is 30.3 Å². The molecule has 3 rings (SSSR count). The topological polar surface area (TPSA) is 80.5 Å². The lowest BCUT2D eigenvalue weighted by molar-refractivity contribution is -0.523. The smallest absolute Gasteiger partial charge is 0.269 e. The summed E-state index contributed by atoms with van der Waals surface area (Å²) in [7, 11) is 0. The second-order valence-corrected chi connectivity index (χ2v) is 7.61. The molecule has 26 heavy (non-hydrogen) atoms. The maximum absolute atomic E-state index is 12.7. The summed E-state index contributed by atoms with van der Waals surface area (Å²) in [6.45, 7) is 0. The van der Waals surface area contributed by atoms with E-state index in [-0.39, 0.29) is 26.7 Å². The first kappa shape index (κ1) is 18.9. The van der Waals surface area contributed by atoms with E-state index in [1.807, 2.05) is 0 Å². The molecular weight excluding hydrogens is 426 g/mol. The van der Waals surface area contributed by atoms with Crippen LogP contribution in [-0.4, -0.2) is 26.1 Å². The van der Waals surface area contributed by atoms with E-state index in [1.54, 1.807) is 12.1 Å². The highest BCUT2D eigenvalue weighted by Crippen LogP contribution is 2.45. The van der Waals surface area contributed by atoms with Gasteiger partial charge in [-0.2, -0.15) is 0 Å². The average molecular weight is 434 g/mol. The Kier molecular flexibility index (Phi) is 4.88. The van der Waals surface area contributed by atoms with E-state index in [4.69, 9.17) is 46.4 Å². The predicted molar refractivity (Wildman–Crippen MR) is 97.6 cm³/mol. The molecule has 0 bridgehead atoms. The normalized spacial score (nSPS) is 15.2. The van der Waals surface area contributed by atoms with Gasteiger partial charge < -0.3 is 0 Å². The minimum Gasteiger partial charge on any atom is -0.269 e. The van der Waals surface area contributed by atoms with Crippen LogP contribution in [0.2, 0.25) is 10.0 Å². The number of hydrogen-bond donors (Lipinski definition) is 0. The van der Waals surface area contributed by atoms with Gasteiger partial charge in [-0.05, 0) is 53.0 Å². The third-order valence-corrected chi connectivity index (χ3v) is 5.34. The van der Waals surface area contributed by atoms with E-state index in [9.17, 15) is 19.7 Å². The molecule has 0 radical (unpaired) electrons. The Morgan fingerprint density at radius 3 is 1.96 bits per heavy atom. The molecule has 0 saturated carbocycles. The second-order valence-electron chi connectivity index (χ2n) is 5.45. The van der Waals surface area contributed by atoms with Crippen molar-refractivity contribution >= 4 is 58.2 Å². The van der Waals surface area contributed by atoms with Crippen LogP contribution in [0.25, 0.3) is 0 Å². The molecular formula is C16H8Cl4N2O4. The highest BCUT2D eigenvalue weighted by molar-refractivity contribution is 6.48. The Morgan fingerprint density at radius 2 is 1.50 bits per heavy atom. The zero-order chi connectivity index (χ0) is 19.2. The maximum Gasteiger partial charge on any atom is 0.395 e. The molecule has 134 valence electrons. The fourth-order valence-electron chi connectivity index (χ4n) is 2.73. The minimum atomic E-state index is -2.70. The molecule has 1 aliphatic rings. The van der Waals surface area contributed by atoms with Crippen LogP contribution in [0.3, 0.4) is 0 Å². The number of fused-ring (bicyclic) bond motifs is 1. The van der Waals surface area contributed by atoms with Gasteiger partial charge in [0.05, 0.1) is 26.1 Å². The summed E-state index contributed by atoms with van der Waals surface area (Å²) in [6.07, 6.45) is 0. The van der Waals surface area contributed by atoms with Crippen LogP contribution in [0.4, 0.5) is 0 Å². The lowest BCUT2D eigenvalue weighted by Crippen LogP contribution is -2.46. The van der Waals surface area contributed by atoms with Crippen molar-refractivity contribution in [3.63, 3.8) is 0 Å². The van der Waals surface area contributed by atoms with Gasteiger partial charge in [-0.25, -0.2) is 0 Å². The number of halogens is 4. The molecule has 0 aliphatic carbocycles. The Bertz CT molecular complexity index is 913. The number of carbonyl (C=O) groups excluding carboxylic acids is 2. The number of nitrogens with zero attached hydrogens (tertiary/aromatic N) is 2. The summed E-state index contributed by atoms with van der Waals surface area (Å²) in [5, 5.41) is 11.7. The van der Waals surface area contributed by atoms with Gasteiger partial charge in [0.25, 0.3) is 11.8 Å². The zero-order valence-corrected chi connectivity index (χ0v) is 15.7. The molecule has 6 nitrogen and oxygen atoms in total. The largest absolute Gasteiger partial charge is 0.395 e. The first-order valence-corrected chi connectivity index (χ1v) is 8.61. The van der Waals surface area contributed by atoms with Gasteiger partial charge in [-0.3, -0.25) is 24.6 Å². The summed E-state index contributed by atoms with van der Waals surface area (Å²) in [5.74, 6) is -1.48. The molecule has 2 aromatic carbocycles. The van der Waals surface area contributed by atoms with Crippen LogP contribution in [-0.2, 0) is 0 Å². The van der Waals surface area contributed by atoms with Crippen molar-refractivity contribution in [3.05, 3.63) is 79.3 Å². The van der Waals surface area contributed by atoms with E-state index in [0.717, 1.165) is 0 Å². The number of benzene rings is 2. The third kappa shape index (κ3) is 2.93. The highest BCUT2D eigenvalue weighted by atomic mass is 35.5. The van der Waals surface area contributed by atoms with Gasteiger partial charge in [0.1, 0.15) is 0 Å². The number of hydrogen-bond acceptors (Lipinski definition) is 4. The van der Waals surface area contributed by atoms with Crippen molar-refractivity contribution in [2.75, 3.05) is 0 Å². The van der Waals surface area contributed by atoms with Crippen molar-refractivity contribution in [3.8, 4) is 0 Å². The molecule has 0 spiro atoms. The predicted octanol–water partition coefficient (Wildman–Crippen LogP) is 4.74. The minimum absolute atomic E-state index is 0.0678. The SMILES string of the molecule is O=C1c2ccccc2C(=O)N1C(c1ccc(Cl)c(Cl)c1)C(Cl)(Cl)[N+](=O)[O-]. The average Bonchev–Trinajstić information content (AvgIpc) is 2.83. The monoisotopic (exact) mass is 432 g/mol. The number of amides is 2. The standard InChI is InChI=1S/C16H8Cl4N2O4/c17-11-6-5-8(7-12(11)18)13(16(19,20)22(25)26)21-14(23)9-3-1-2-4-10(9)15(21)24/h1-7,13H. The molecule has 1 heterocycles. The lowest BCUT2D eigenvalue weighted by Gasteiger charge is -2.30. The number of nitro groups is 1. The molecule has 0 N–H and O–H groups in total. The van der Waals surface area contributed by atoms with Crippen molar-refractivity contribution < 1.29 is 14.5 Å². The summed E-state index contributed by atoms with van der Waals surface area (Å²) in [5.41, 5.74) is 0.306. The van der Waals surface area contributed by atoms with Crippen LogP contribution < -0.4 is 0 Å². The van der Waals surface area contributed by atoms with Crippen molar-refractivity contribution in [1.82, 2.24) is 4.90 Å². The molecule has 0 saturated heterocycles. The number of carbonyl (C=O) groups is 2. The second kappa shape index (κ2) is 6.70. The molecule has 1 unspecified atom stereocenters. The number of alkyl halides is 2. The molecule has 2 aromatic rings. The molecule has 0 fully saturated rings. The molecule has 1 aliphatic heterocycles. The van der Waals surface area contributed by atoms with E-state index in [2.05, 4.69) is 0 Å². The van der Waals surface area contributed by atoms with Crippen LogP contribution >= 0.6 is 46.4 Å². The first-order valence-electron chi connectivity index (χ1n) is 7.10. The number of imide groups is 1. The van der Waals surface area contributed by atoms with Crippen molar-refractivity contribution in [2.45, 2.75) is 10.5 Å². The summed E-state index contributed by atoms with van der Waals surface area (Å²) >= 11 is 23.8. The Morgan fingerprint density at radius 1 is 0.962 bits per heavy atom. The van der Waals surface area contributed by atoms with Crippen LogP contribution in [0.1, 0.15) is 32.3 Å². The van der Waals surface area contributed by atoms with E-state index in [0.29, 0.717) is 4.90 Å². The van der Waals surface area contributed by atoms with Gasteiger partial charge in [0.2, 0.25) is 0 Å². The van der Waals surface area contributed by atoms with Crippen LogP contribution in [0.5, 0.6) is 0 Å². The van der Waals surface area contributed by atoms with E-state index < -0.39 is 27.2 Å². The highest BCUT2D eigenvalue weighted by Gasteiger charge is 2.56. The van der Waals surface area contributed by atoms with Gasteiger partial charge in [-0.15, -0.1) is 0 Å². The summed E-state index contributed by atoms with van der Waals surface area (Å²) < 4.78 is -2.70. The fraction of sp³-hybridized carbons (Fsp3) is 0.125. The summed E-state index contributed by atoms with van der Waals surface area (Å²) in [4.78, 5) is 36.7. The Balaban J connectivity index is 2.19. The van der Waals surface area contributed by atoms with Gasteiger partial charge in [0, 0.05) is 0 Å². The van der Waals surface area contributed by atoms with Gasteiger partial charge >= 0.3 is 4.46 Å². The summed E-state index contributed by atoms with van der Waals surface area (Å²) in [6, 6.07) is 8.42. The Hall–Kier alpha value is -1.86. The molecule has 10 heteroatoms. The van der Waals surface area contributed by atoms with Crippen molar-refractivity contribution in [1.29, 1.82) is 0 Å². The zero-order valence-electron chi connectivity index (χ0n) is 12.7. The third-order valence-electron chi connectivity index (χ3n) is 3.92. The first-order chi connectivity index (χ1) is 12.2. The quantitative estimate of drug-likeness (QED) is 0.229. The van der Waals surface area contributed by atoms with Gasteiger partial charge in [0.15, 0.2) is 6.04 Å². The van der Waals surface area contributed by atoms with Crippen LogP contribution in [0, 0.1) is 10.1 Å². The van der Waals surface area contributed by atoms with Crippen LogP contribution in [0.15, 0.2) is 42.5 Å². The lowest BCUT2D eigenvalue weighted by atomic mass is 10.0. The number of rotatable bonds is 4. The molecule has 0 aromatic heterocycles. The maximum atomic E-state index is 12.7. The Labute approximate surface area is 167 Å². The molecule has 1 atom stereocenters.